The van der Waals surface area contributed by atoms with Gasteiger partial charge in [0.2, 0.25) is 10.0 Å². The summed E-state index contributed by atoms with van der Waals surface area (Å²) in [6.45, 7) is 0.244. The zero-order valence-corrected chi connectivity index (χ0v) is 14.8. The summed E-state index contributed by atoms with van der Waals surface area (Å²) < 4.78 is 37.1. The molecule has 1 saturated heterocycles. The van der Waals surface area contributed by atoms with Crippen LogP contribution in [0.3, 0.4) is 0 Å². The van der Waals surface area contributed by atoms with Gasteiger partial charge in [0.1, 0.15) is 23.8 Å². The van der Waals surface area contributed by atoms with E-state index in [2.05, 4.69) is 0 Å². The standard InChI is InChI=1S/C15H20ClNO6S/c1-17(9-15(18)19)24(20,21)14-8-11(16)5-6-13(14)23-10-12-4-2-3-7-22-12/h5-6,8,12H,2-4,7,9-10H2,1H3,(H,18,19). The van der Waals surface area contributed by atoms with Gasteiger partial charge in [0, 0.05) is 18.7 Å². The van der Waals surface area contributed by atoms with Gasteiger partial charge in [-0.15, -0.1) is 0 Å². The average molecular weight is 378 g/mol. The number of likely N-dealkylation sites (N-methyl/N-ethyl adjacent to an activating group) is 1. The van der Waals surface area contributed by atoms with Gasteiger partial charge in [0.25, 0.3) is 0 Å². The molecule has 0 aromatic heterocycles. The SMILES string of the molecule is CN(CC(=O)O)S(=O)(=O)c1cc(Cl)ccc1OCC1CCCCO1. The number of rotatable bonds is 7. The molecule has 1 N–H and O–H groups in total. The molecular formula is C15H20ClNO6S. The molecule has 1 atom stereocenters. The van der Waals surface area contributed by atoms with E-state index in [1.807, 2.05) is 0 Å². The molecule has 24 heavy (non-hydrogen) atoms. The molecule has 0 aliphatic carbocycles. The molecule has 0 saturated carbocycles. The van der Waals surface area contributed by atoms with E-state index in [-0.39, 0.29) is 28.4 Å². The summed E-state index contributed by atoms with van der Waals surface area (Å²) in [5, 5.41) is 9.03. The van der Waals surface area contributed by atoms with Crippen LogP contribution in [0.15, 0.2) is 23.1 Å². The zero-order chi connectivity index (χ0) is 17.7. The Kier molecular flexibility index (Phi) is 6.45. The van der Waals surface area contributed by atoms with Crippen molar-refractivity contribution in [2.24, 2.45) is 0 Å². The Hall–Kier alpha value is -1.35. The minimum atomic E-state index is -4.04. The highest BCUT2D eigenvalue weighted by Crippen LogP contribution is 2.30. The van der Waals surface area contributed by atoms with Gasteiger partial charge < -0.3 is 14.6 Å². The zero-order valence-electron chi connectivity index (χ0n) is 13.3. The molecule has 9 heteroatoms. The van der Waals surface area contributed by atoms with Crippen LogP contribution in [0.4, 0.5) is 0 Å². The van der Waals surface area contributed by atoms with E-state index in [4.69, 9.17) is 26.2 Å². The second-order valence-electron chi connectivity index (χ2n) is 5.55. The van der Waals surface area contributed by atoms with Gasteiger partial charge in [-0.2, -0.15) is 4.31 Å². The minimum absolute atomic E-state index is 0.0817. The van der Waals surface area contributed by atoms with Crippen molar-refractivity contribution >= 4 is 27.6 Å². The lowest BCUT2D eigenvalue weighted by Crippen LogP contribution is -2.32. The number of carboxylic acid groups (broad SMARTS) is 1. The summed E-state index contributed by atoms with van der Waals surface area (Å²) in [7, 11) is -2.85. The first-order valence-corrected chi connectivity index (χ1v) is 9.34. The van der Waals surface area contributed by atoms with Gasteiger partial charge in [-0.25, -0.2) is 8.42 Å². The number of hydrogen-bond acceptors (Lipinski definition) is 5. The quantitative estimate of drug-likeness (QED) is 0.781. The third kappa shape index (κ3) is 4.83. The second kappa shape index (κ2) is 8.15. The molecule has 0 bridgehead atoms. The van der Waals surface area contributed by atoms with Crippen molar-refractivity contribution in [3.8, 4) is 5.75 Å². The van der Waals surface area contributed by atoms with E-state index in [1.54, 1.807) is 0 Å². The maximum absolute atomic E-state index is 12.6. The fourth-order valence-electron chi connectivity index (χ4n) is 2.37. The number of nitrogens with zero attached hydrogens (tertiary/aromatic N) is 1. The van der Waals surface area contributed by atoms with Crippen LogP contribution in [-0.4, -0.2) is 56.7 Å². The molecule has 0 amide bonds. The molecule has 7 nitrogen and oxygen atoms in total. The van der Waals surface area contributed by atoms with Crippen LogP contribution < -0.4 is 4.74 Å². The van der Waals surface area contributed by atoms with E-state index in [0.717, 1.165) is 23.6 Å². The summed E-state index contributed by atoms with van der Waals surface area (Å²) >= 11 is 5.90. The van der Waals surface area contributed by atoms with E-state index in [1.165, 1.54) is 25.2 Å². The Bertz CT molecular complexity index is 687. The first-order chi connectivity index (χ1) is 11.3. The van der Waals surface area contributed by atoms with Crippen molar-refractivity contribution in [1.82, 2.24) is 4.31 Å². The van der Waals surface area contributed by atoms with E-state index < -0.39 is 22.5 Å². The monoisotopic (exact) mass is 377 g/mol. The topological polar surface area (TPSA) is 93.1 Å². The van der Waals surface area contributed by atoms with Gasteiger partial charge in [-0.05, 0) is 37.5 Å². The van der Waals surface area contributed by atoms with Crippen molar-refractivity contribution in [3.63, 3.8) is 0 Å². The number of carboxylic acids is 1. The number of sulfonamides is 1. The molecule has 1 heterocycles. The van der Waals surface area contributed by atoms with Gasteiger partial charge in [0.05, 0.1) is 6.10 Å². The Labute approximate surface area is 146 Å². The smallest absolute Gasteiger partial charge is 0.318 e. The van der Waals surface area contributed by atoms with Crippen molar-refractivity contribution in [3.05, 3.63) is 23.2 Å². The van der Waals surface area contributed by atoms with Crippen LogP contribution in [0, 0.1) is 0 Å². The van der Waals surface area contributed by atoms with Crippen LogP contribution in [0.25, 0.3) is 0 Å². The van der Waals surface area contributed by atoms with Crippen molar-refractivity contribution in [2.75, 3.05) is 26.8 Å². The largest absolute Gasteiger partial charge is 0.489 e. The van der Waals surface area contributed by atoms with Crippen LogP contribution in [0.1, 0.15) is 19.3 Å². The Balaban J connectivity index is 2.21. The van der Waals surface area contributed by atoms with Gasteiger partial charge in [0.15, 0.2) is 0 Å². The molecular weight excluding hydrogens is 358 g/mol. The first kappa shape index (κ1) is 19.0. The molecule has 1 fully saturated rings. The summed E-state index contributed by atoms with van der Waals surface area (Å²) in [4.78, 5) is 10.6. The maximum atomic E-state index is 12.6. The third-order valence-electron chi connectivity index (χ3n) is 3.65. The number of halogens is 1. The average Bonchev–Trinajstić information content (AvgIpc) is 2.54. The van der Waals surface area contributed by atoms with Crippen molar-refractivity contribution < 1.29 is 27.8 Å². The minimum Gasteiger partial charge on any atom is -0.489 e. The molecule has 1 unspecified atom stereocenters. The summed E-state index contributed by atoms with van der Waals surface area (Å²) in [6, 6.07) is 4.24. The lowest BCUT2D eigenvalue weighted by molar-refractivity contribution is -0.137. The molecule has 134 valence electrons. The van der Waals surface area contributed by atoms with Gasteiger partial charge >= 0.3 is 5.97 Å². The first-order valence-electron chi connectivity index (χ1n) is 7.53. The van der Waals surface area contributed by atoms with E-state index >= 15 is 0 Å². The van der Waals surface area contributed by atoms with E-state index in [0.29, 0.717) is 6.61 Å². The number of hydrogen-bond donors (Lipinski definition) is 1. The number of carbonyl (C=O) groups is 1. The van der Waals surface area contributed by atoms with Gasteiger partial charge in [-0.1, -0.05) is 11.6 Å². The predicted molar refractivity (Wildman–Crippen MR) is 88.0 cm³/mol. The van der Waals surface area contributed by atoms with Crippen LogP contribution in [0.2, 0.25) is 5.02 Å². The highest BCUT2D eigenvalue weighted by atomic mass is 35.5. The Morgan fingerprint density at radius 3 is 2.83 bits per heavy atom. The lowest BCUT2D eigenvalue weighted by Gasteiger charge is -2.24. The van der Waals surface area contributed by atoms with Gasteiger partial charge in [-0.3, -0.25) is 4.79 Å². The lowest BCUT2D eigenvalue weighted by atomic mass is 10.1. The molecule has 1 aliphatic heterocycles. The molecule has 1 aromatic carbocycles. The number of benzene rings is 1. The van der Waals surface area contributed by atoms with Crippen LogP contribution in [0.5, 0.6) is 5.75 Å². The van der Waals surface area contributed by atoms with Crippen molar-refractivity contribution in [1.29, 1.82) is 0 Å². The molecule has 1 aliphatic rings. The summed E-state index contributed by atoms with van der Waals surface area (Å²) in [5.74, 6) is -1.12. The highest BCUT2D eigenvalue weighted by Gasteiger charge is 2.27. The maximum Gasteiger partial charge on any atom is 0.318 e. The fraction of sp³-hybridized carbons (Fsp3) is 0.533. The Morgan fingerprint density at radius 1 is 1.46 bits per heavy atom. The summed E-state index contributed by atoms with van der Waals surface area (Å²) in [6.07, 6.45) is 2.83. The van der Waals surface area contributed by atoms with Crippen LogP contribution >= 0.6 is 11.6 Å². The second-order valence-corrected chi connectivity index (χ2v) is 8.00. The highest BCUT2D eigenvalue weighted by molar-refractivity contribution is 7.89. The van der Waals surface area contributed by atoms with Crippen molar-refractivity contribution in [2.45, 2.75) is 30.3 Å². The molecule has 0 spiro atoms. The van der Waals surface area contributed by atoms with Crippen LogP contribution in [-0.2, 0) is 19.6 Å². The number of aliphatic carboxylic acids is 1. The number of ether oxygens (including phenoxy) is 2. The summed E-state index contributed by atoms with van der Waals surface area (Å²) in [5.41, 5.74) is 0. The normalized spacial score (nSPS) is 18.5. The Morgan fingerprint density at radius 2 is 2.21 bits per heavy atom. The predicted octanol–water partition coefficient (Wildman–Crippen LogP) is 1.99. The third-order valence-corrected chi connectivity index (χ3v) is 5.71. The molecule has 0 radical (unpaired) electrons. The fourth-order valence-corrected chi connectivity index (χ4v) is 3.88. The molecule has 2 rings (SSSR count). The molecule has 1 aromatic rings. The van der Waals surface area contributed by atoms with E-state index in [9.17, 15) is 13.2 Å².